The maximum atomic E-state index is 13.5. The number of carboxylic acid groups (broad SMARTS) is 2. The summed E-state index contributed by atoms with van der Waals surface area (Å²) < 4.78 is 91.5. The highest BCUT2D eigenvalue weighted by molar-refractivity contribution is 5.93. The van der Waals surface area contributed by atoms with Crippen LogP contribution in [0.2, 0.25) is 0 Å². The Hall–Kier alpha value is -5.14. The molecule has 0 aromatic heterocycles. The number of carbonyl (C=O) groups is 2. The first-order valence-electron chi connectivity index (χ1n) is 11.8. The van der Waals surface area contributed by atoms with Crippen LogP contribution in [0.5, 0.6) is 17.2 Å². The number of rotatable bonds is 7. The van der Waals surface area contributed by atoms with E-state index in [4.69, 9.17) is 20.9 Å². The van der Waals surface area contributed by atoms with Crippen LogP contribution in [0.15, 0.2) is 78.6 Å². The van der Waals surface area contributed by atoms with Crippen molar-refractivity contribution in [1.82, 2.24) is 0 Å². The van der Waals surface area contributed by atoms with Crippen LogP contribution in [-0.4, -0.2) is 22.2 Å². The Morgan fingerprint density at radius 3 is 1.74 bits per heavy atom. The zero-order chi connectivity index (χ0) is 31.0. The number of aliphatic carboxylic acids is 1. The molecule has 4 rings (SSSR count). The van der Waals surface area contributed by atoms with Crippen LogP contribution in [0, 0.1) is 0 Å². The molecule has 1 unspecified atom stereocenters. The molecule has 6 N–H and O–H groups in total. The number of anilines is 2. The molecule has 1 atom stereocenters. The fraction of sp³-hybridized carbons (Fsp3) is 0.143. The number of nitrogen functional groups attached to an aromatic ring is 2. The predicted octanol–water partition coefficient (Wildman–Crippen LogP) is 6.62. The van der Waals surface area contributed by atoms with Crippen molar-refractivity contribution in [3.05, 3.63) is 101 Å². The monoisotopic (exact) mass is 594 g/mol. The maximum Gasteiger partial charge on any atom is 0.420 e. The van der Waals surface area contributed by atoms with Gasteiger partial charge in [0.05, 0.1) is 0 Å². The number of aromatic carboxylic acids is 1. The average Bonchev–Trinajstić information content (AvgIpc) is 2.90. The Morgan fingerprint density at radius 2 is 1.29 bits per heavy atom. The van der Waals surface area contributed by atoms with Gasteiger partial charge in [0.25, 0.3) is 0 Å². The summed E-state index contributed by atoms with van der Waals surface area (Å²) in [6.07, 6.45) is -6.62. The Labute approximate surface area is 233 Å². The molecule has 0 heterocycles. The van der Waals surface area contributed by atoms with Crippen LogP contribution in [0.1, 0.15) is 33.5 Å². The third kappa shape index (κ3) is 5.96. The van der Waals surface area contributed by atoms with E-state index in [1.807, 2.05) is 0 Å². The molecule has 14 heteroatoms. The van der Waals surface area contributed by atoms with Crippen LogP contribution >= 0.6 is 0 Å². The van der Waals surface area contributed by atoms with Crippen molar-refractivity contribution >= 4 is 23.3 Å². The summed E-state index contributed by atoms with van der Waals surface area (Å²) in [7, 11) is 0. The zero-order valence-corrected chi connectivity index (χ0v) is 21.1. The first-order chi connectivity index (χ1) is 19.5. The summed E-state index contributed by atoms with van der Waals surface area (Å²) in [5.41, 5.74) is 5.49. The number of alkyl halides is 6. The van der Waals surface area contributed by atoms with Gasteiger partial charge in [0.1, 0.15) is 45.1 Å². The van der Waals surface area contributed by atoms with Gasteiger partial charge in [-0.25, -0.2) is 4.79 Å². The second-order valence-corrected chi connectivity index (χ2v) is 9.15. The molecule has 0 amide bonds. The lowest BCUT2D eigenvalue weighted by Gasteiger charge is -2.29. The van der Waals surface area contributed by atoms with E-state index in [0.717, 1.165) is 48.6 Å². The Balaban J connectivity index is 1.68. The van der Waals surface area contributed by atoms with Crippen LogP contribution in [0.4, 0.5) is 37.7 Å². The molecule has 0 saturated heterocycles. The summed E-state index contributed by atoms with van der Waals surface area (Å²) in [5, 5.41) is 19.8. The van der Waals surface area contributed by atoms with Gasteiger partial charge in [-0.15, -0.1) is 0 Å². The molecular formula is C28H20F6N2O6. The second-order valence-electron chi connectivity index (χ2n) is 9.15. The molecule has 8 nitrogen and oxygen atoms in total. The third-order valence-corrected chi connectivity index (χ3v) is 6.33. The minimum atomic E-state index is -4.88. The molecule has 0 saturated carbocycles. The quantitative estimate of drug-likeness (QED) is 0.176. The van der Waals surface area contributed by atoms with E-state index >= 15 is 0 Å². The molecule has 220 valence electrons. The fourth-order valence-corrected chi connectivity index (χ4v) is 4.22. The van der Waals surface area contributed by atoms with Gasteiger partial charge in [-0.3, -0.25) is 4.79 Å². The third-order valence-electron chi connectivity index (χ3n) is 6.33. The van der Waals surface area contributed by atoms with Gasteiger partial charge < -0.3 is 31.2 Å². The van der Waals surface area contributed by atoms with Crippen LogP contribution < -0.4 is 20.9 Å². The summed E-state index contributed by atoms with van der Waals surface area (Å²) in [5.74, 6) is -5.01. The number of hydrogen-bond acceptors (Lipinski definition) is 6. The lowest BCUT2D eigenvalue weighted by molar-refractivity contribution is -0.142. The standard InChI is InChI=1S/C28H20F6N2O6/c29-27(30,31)19-12-15(35)2-5-22(19)41-17-7-9-26(10-8-17,25(39)40)14-1-4-21(18(11-14)24(37)38)42-23-6-3-16(36)13-20(23)28(32,33)34/h1-9,11-13H,10,35-36H2,(H,37,38)(H,39,40). The van der Waals surface area contributed by atoms with Crippen molar-refractivity contribution in [1.29, 1.82) is 0 Å². The lowest BCUT2D eigenvalue weighted by atomic mass is 9.74. The summed E-state index contributed by atoms with van der Waals surface area (Å²) in [4.78, 5) is 24.4. The molecule has 3 aromatic rings. The fourth-order valence-electron chi connectivity index (χ4n) is 4.22. The predicted molar refractivity (Wildman–Crippen MR) is 137 cm³/mol. The number of halogens is 6. The molecule has 42 heavy (non-hydrogen) atoms. The van der Waals surface area contributed by atoms with Gasteiger partial charge in [-0.05, 0) is 72.7 Å². The second kappa shape index (κ2) is 10.7. The number of hydrogen-bond donors (Lipinski definition) is 4. The van der Waals surface area contributed by atoms with Crippen molar-refractivity contribution in [2.24, 2.45) is 0 Å². The molecule has 1 aliphatic carbocycles. The van der Waals surface area contributed by atoms with Gasteiger partial charge in [0.15, 0.2) is 0 Å². The highest BCUT2D eigenvalue weighted by atomic mass is 19.4. The summed E-state index contributed by atoms with van der Waals surface area (Å²) in [6, 6.07) is 8.64. The first kappa shape index (κ1) is 29.8. The number of nitrogens with two attached hydrogens (primary N) is 2. The molecular weight excluding hydrogens is 574 g/mol. The topological polar surface area (TPSA) is 145 Å². The molecule has 0 aliphatic heterocycles. The minimum absolute atomic E-state index is 0.0943. The molecule has 0 spiro atoms. The van der Waals surface area contributed by atoms with Crippen LogP contribution in [-0.2, 0) is 22.6 Å². The molecule has 0 radical (unpaired) electrons. The number of ether oxygens (including phenoxy) is 2. The number of carboxylic acids is 2. The van der Waals surface area contributed by atoms with Gasteiger partial charge in [-0.2, -0.15) is 26.3 Å². The normalized spacial score (nSPS) is 17.0. The van der Waals surface area contributed by atoms with E-state index in [-0.39, 0.29) is 29.1 Å². The van der Waals surface area contributed by atoms with Crippen molar-refractivity contribution in [3.63, 3.8) is 0 Å². The lowest BCUT2D eigenvalue weighted by Crippen LogP contribution is -2.35. The van der Waals surface area contributed by atoms with Gasteiger partial charge in [0.2, 0.25) is 0 Å². The molecule has 1 aliphatic rings. The summed E-state index contributed by atoms with van der Waals surface area (Å²) in [6.45, 7) is 0. The highest BCUT2D eigenvalue weighted by Gasteiger charge is 2.41. The molecule has 3 aromatic carbocycles. The van der Waals surface area contributed by atoms with Crippen molar-refractivity contribution in [2.45, 2.75) is 24.2 Å². The summed E-state index contributed by atoms with van der Waals surface area (Å²) >= 11 is 0. The van der Waals surface area contributed by atoms with Crippen LogP contribution in [0.3, 0.4) is 0 Å². The first-order valence-corrected chi connectivity index (χ1v) is 11.8. The Morgan fingerprint density at radius 1 is 0.762 bits per heavy atom. The number of benzene rings is 3. The van der Waals surface area contributed by atoms with Gasteiger partial charge in [-0.1, -0.05) is 12.1 Å². The van der Waals surface area contributed by atoms with Crippen molar-refractivity contribution in [3.8, 4) is 17.2 Å². The van der Waals surface area contributed by atoms with Gasteiger partial charge in [0, 0.05) is 11.4 Å². The van der Waals surface area contributed by atoms with Crippen LogP contribution in [0.25, 0.3) is 0 Å². The molecule has 0 bridgehead atoms. The van der Waals surface area contributed by atoms with Crippen molar-refractivity contribution < 1.29 is 55.6 Å². The van der Waals surface area contributed by atoms with Gasteiger partial charge >= 0.3 is 24.3 Å². The van der Waals surface area contributed by atoms with E-state index in [9.17, 15) is 46.1 Å². The largest absolute Gasteiger partial charge is 0.480 e. The average molecular weight is 594 g/mol. The van der Waals surface area contributed by atoms with E-state index < -0.39 is 63.6 Å². The highest BCUT2D eigenvalue weighted by Crippen LogP contribution is 2.43. The molecule has 0 fully saturated rings. The van der Waals surface area contributed by atoms with Crippen molar-refractivity contribution in [2.75, 3.05) is 11.5 Å². The van der Waals surface area contributed by atoms with E-state index in [1.165, 1.54) is 12.1 Å². The zero-order valence-electron chi connectivity index (χ0n) is 21.1. The Bertz CT molecular complexity index is 1630. The van der Waals surface area contributed by atoms with E-state index in [0.29, 0.717) is 12.1 Å². The number of allylic oxidation sites excluding steroid dienone is 2. The van der Waals surface area contributed by atoms with E-state index in [2.05, 4.69) is 0 Å². The SMILES string of the molecule is Nc1ccc(OC2=CCC(C(=O)O)(c3ccc(Oc4ccc(N)cc4C(F)(F)F)c(C(=O)O)c3)C=C2)c(C(F)(F)F)c1. The Kier molecular flexibility index (Phi) is 7.59. The minimum Gasteiger partial charge on any atom is -0.480 e. The van der Waals surface area contributed by atoms with E-state index in [1.54, 1.807) is 0 Å². The smallest absolute Gasteiger partial charge is 0.420 e. The maximum absolute atomic E-state index is 13.5.